The Labute approximate surface area is 166 Å². The van der Waals surface area contributed by atoms with Gasteiger partial charge in [-0.25, -0.2) is 0 Å². The molecule has 0 radical (unpaired) electrons. The molecule has 4 rings (SSSR count). The number of ether oxygens (including phenoxy) is 1. The average Bonchev–Trinajstić information content (AvgIpc) is 3.11. The van der Waals surface area contributed by atoms with Crippen LogP contribution in [0.3, 0.4) is 0 Å². The quantitative estimate of drug-likeness (QED) is 0.847. The summed E-state index contributed by atoms with van der Waals surface area (Å²) in [5.74, 6) is 0.0561. The molecule has 1 aromatic heterocycles. The molecule has 0 saturated carbocycles. The average molecular weight is 383 g/mol. The number of methoxy groups -OCH3 is 1. The van der Waals surface area contributed by atoms with Gasteiger partial charge in [0.2, 0.25) is 0 Å². The SMILES string of the molecule is COCCn1nc(C(=O)N2CCN(c3ccccc3C)CC2)c2c1CCNC2. The van der Waals surface area contributed by atoms with E-state index in [1.165, 1.54) is 16.9 Å². The highest BCUT2D eigenvalue weighted by molar-refractivity contribution is 5.94. The molecule has 2 aliphatic heterocycles. The smallest absolute Gasteiger partial charge is 0.274 e. The zero-order valence-corrected chi connectivity index (χ0v) is 16.8. The van der Waals surface area contributed by atoms with Gasteiger partial charge in [-0.2, -0.15) is 5.10 Å². The number of rotatable bonds is 5. The maximum atomic E-state index is 13.2. The van der Waals surface area contributed by atoms with Crippen molar-refractivity contribution in [3.8, 4) is 0 Å². The number of aryl methyl sites for hydroxylation is 1. The molecule has 0 unspecified atom stereocenters. The van der Waals surface area contributed by atoms with E-state index in [1.54, 1.807) is 7.11 Å². The molecular weight excluding hydrogens is 354 g/mol. The standard InChI is InChI=1S/C21H29N5O2/c1-16-5-3-4-6-18(16)24-9-11-25(12-10-24)21(27)20-17-15-22-8-7-19(17)26(23-20)13-14-28-2/h3-6,22H,7-15H2,1-2H3. The number of anilines is 1. The van der Waals surface area contributed by atoms with Gasteiger partial charge in [0.25, 0.3) is 5.91 Å². The van der Waals surface area contributed by atoms with Crippen molar-refractivity contribution < 1.29 is 9.53 Å². The molecule has 7 nitrogen and oxygen atoms in total. The topological polar surface area (TPSA) is 62.6 Å². The Morgan fingerprint density at radius 1 is 1.21 bits per heavy atom. The second-order valence-electron chi connectivity index (χ2n) is 7.48. The van der Waals surface area contributed by atoms with Crippen molar-refractivity contribution in [1.82, 2.24) is 20.0 Å². The summed E-state index contributed by atoms with van der Waals surface area (Å²) < 4.78 is 7.18. The predicted molar refractivity (Wildman–Crippen MR) is 109 cm³/mol. The van der Waals surface area contributed by atoms with E-state index in [0.29, 0.717) is 25.4 Å². The number of piperazine rings is 1. The Kier molecular flexibility index (Phi) is 5.64. The summed E-state index contributed by atoms with van der Waals surface area (Å²) in [7, 11) is 1.69. The van der Waals surface area contributed by atoms with Crippen molar-refractivity contribution in [2.45, 2.75) is 26.4 Å². The third-order valence-corrected chi connectivity index (χ3v) is 5.74. The highest BCUT2D eigenvalue weighted by Gasteiger charge is 2.30. The van der Waals surface area contributed by atoms with Gasteiger partial charge in [0.05, 0.1) is 13.2 Å². The maximum absolute atomic E-state index is 13.2. The van der Waals surface area contributed by atoms with E-state index in [0.717, 1.165) is 44.7 Å². The van der Waals surface area contributed by atoms with E-state index in [1.807, 2.05) is 9.58 Å². The molecule has 1 amide bonds. The van der Waals surface area contributed by atoms with E-state index >= 15 is 0 Å². The normalized spacial score (nSPS) is 16.9. The molecule has 1 saturated heterocycles. The lowest BCUT2D eigenvalue weighted by Gasteiger charge is -2.36. The molecule has 7 heteroatoms. The highest BCUT2D eigenvalue weighted by Crippen LogP contribution is 2.23. The summed E-state index contributed by atoms with van der Waals surface area (Å²) >= 11 is 0. The van der Waals surface area contributed by atoms with Crippen LogP contribution < -0.4 is 10.2 Å². The van der Waals surface area contributed by atoms with E-state index < -0.39 is 0 Å². The number of nitrogens with one attached hydrogen (secondary N) is 1. The lowest BCUT2D eigenvalue weighted by molar-refractivity contribution is 0.0738. The van der Waals surface area contributed by atoms with Crippen molar-refractivity contribution >= 4 is 11.6 Å². The third-order valence-electron chi connectivity index (χ3n) is 5.74. The molecule has 0 bridgehead atoms. The fourth-order valence-corrected chi connectivity index (χ4v) is 4.17. The Morgan fingerprint density at radius 2 is 2.00 bits per heavy atom. The molecule has 1 fully saturated rings. The van der Waals surface area contributed by atoms with E-state index in [-0.39, 0.29) is 5.91 Å². The highest BCUT2D eigenvalue weighted by atomic mass is 16.5. The number of nitrogens with zero attached hydrogens (tertiary/aromatic N) is 4. The first-order valence-electron chi connectivity index (χ1n) is 10.1. The molecule has 0 atom stereocenters. The number of amides is 1. The number of hydrogen-bond acceptors (Lipinski definition) is 5. The van der Waals surface area contributed by atoms with Gasteiger partial charge >= 0.3 is 0 Å². The zero-order valence-electron chi connectivity index (χ0n) is 16.8. The Hall–Kier alpha value is -2.38. The number of hydrogen-bond donors (Lipinski definition) is 1. The van der Waals surface area contributed by atoms with Crippen LogP contribution in [0, 0.1) is 6.92 Å². The summed E-state index contributed by atoms with van der Waals surface area (Å²) in [5.41, 5.74) is 5.40. The first kappa shape index (κ1) is 19.0. The van der Waals surface area contributed by atoms with Crippen LogP contribution in [-0.2, 0) is 24.2 Å². The number of benzene rings is 1. The molecule has 28 heavy (non-hydrogen) atoms. The minimum absolute atomic E-state index is 0.0561. The number of aromatic nitrogens is 2. The number of para-hydroxylation sites is 1. The fourth-order valence-electron chi connectivity index (χ4n) is 4.17. The summed E-state index contributed by atoms with van der Waals surface area (Å²) in [6.07, 6.45) is 0.903. The predicted octanol–water partition coefficient (Wildman–Crippen LogP) is 1.45. The van der Waals surface area contributed by atoms with Crippen LogP contribution in [0.4, 0.5) is 5.69 Å². The van der Waals surface area contributed by atoms with Gasteiger partial charge in [0.1, 0.15) is 0 Å². The summed E-state index contributed by atoms with van der Waals surface area (Å²) in [6, 6.07) is 8.44. The van der Waals surface area contributed by atoms with Gasteiger partial charge in [-0.05, 0) is 18.6 Å². The van der Waals surface area contributed by atoms with Crippen molar-refractivity contribution in [1.29, 1.82) is 0 Å². The summed E-state index contributed by atoms with van der Waals surface area (Å²) in [6.45, 7) is 8.21. The van der Waals surface area contributed by atoms with Crippen LogP contribution >= 0.6 is 0 Å². The van der Waals surface area contributed by atoms with E-state index in [4.69, 9.17) is 4.74 Å². The van der Waals surface area contributed by atoms with Crippen molar-refractivity contribution in [2.75, 3.05) is 51.3 Å². The van der Waals surface area contributed by atoms with E-state index in [9.17, 15) is 4.79 Å². The van der Waals surface area contributed by atoms with Crippen molar-refractivity contribution in [3.63, 3.8) is 0 Å². The van der Waals surface area contributed by atoms with Crippen molar-refractivity contribution in [2.24, 2.45) is 0 Å². The monoisotopic (exact) mass is 383 g/mol. The number of carbonyl (C=O) groups is 1. The molecule has 150 valence electrons. The summed E-state index contributed by atoms with van der Waals surface area (Å²) in [4.78, 5) is 17.6. The first-order chi connectivity index (χ1) is 13.7. The van der Waals surface area contributed by atoms with Gasteiger partial charge < -0.3 is 19.9 Å². The summed E-state index contributed by atoms with van der Waals surface area (Å²) in [5, 5.41) is 8.07. The van der Waals surface area contributed by atoms with E-state index in [2.05, 4.69) is 46.5 Å². The Morgan fingerprint density at radius 3 is 2.75 bits per heavy atom. The molecular formula is C21H29N5O2. The van der Waals surface area contributed by atoms with Gasteiger partial charge in [0.15, 0.2) is 5.69 Å². The van der Waals surface area contributed by atoms with Gasteiger partial charge in [-0.1, -0.05) is 18.2 Å². The van der Waals surface area contributed by atoms with Crippen LogP contribution in [0.1, 0.15) is 27.3 Å². The number of fused-ring (bicyclic) bond motifs is 1. The minimum Gasteiger partial charge on any atom is -0.383 e. The first-order valence-corrected chi connectivity index (χ1v) is 10.1. The lowest BCUT2D eigenvalue weighted by atomic mass is 10.1. The fraction of sp³-hybridized carbons (Fsp3) is 0.524. The maximum Gasteiger partial charge on any atom is 0.274 e. The van der Waals surface area contributed by atoms with Crippen LogP contribution in [-0.4, -0.2) is 67.0 Å². The molecule has 3 heterocycles. The van der Waals surface area contributed by atoms with Gasteiger partial charge in [-0.3, -0.25) is 9.48 Å². The second-order valence-corrected chi connectivity index (χ2v) is 7.48. The molecule has 2 aliphatic rings. The zero-order chi connectivity index (χ0) is 19.5. The Bertz CT molecular complexity index is 839. The van der Waals surface area contributed by atoms with Gasteiger partial charge in [-0.15, -0.1) is 0 Å². The van der Waals surface area contributed by atoms with Crippen LogP contribution in [0.5, 0.6) is 0 Å². The molecule has 2 aromatic rings. The van der Waals surface area contributed by atoms with Crippen LogP contribution in [0.2, 0.25) is 0 Å². The molecule has 0 aliphatic carbocycles. The van der Waals surface area contributed by atoms with Crippen LogP contribution in [0.15, 0.2) is 24.3 Å². The van der Waals surface area contributed by atoms with Crippen molar-refractivity contribution in [3.05, 3.63) is 46.8 Å². The largest absolute Gasteiger partial charge is 0.383 e. The second kappa shape index (κ2) is 8.32. The van der Waals surface area contributed by atoms with Crippen LogP contribution in [0.25, 0.3) is 0 Å². The minimum atomic E-state index is 0.0561. The molecule has 0 spiro atoms. The Balaban J connectivity index is 1.48. The molecule has 1 aromatic carbocycles. The molecule has 1 N–H and O–H groups in total. The number of carbonyl (C=O) groups excluding carboxylic acids is 1. The van der Waals surface area contributed by atoms with Gasteiger partial charge in [0, 0.05) is 69.7 Å². The lowest BCUT2D eigenvalue weighted by Crippen LogP contribution is -2.49. The third kappa shape index (κ3) is 3.64.